The van der Waals surface area contributed by atoms with Crippen LogP contribution in [0.1, 0.15) is 22.7 Å². The normalized spacial score (nSPS) is 16.9. The summed E-state index contributed by atoms with van der Waals surface area (Å²) in [6.45, 7) is 0.301. The highest BCUT2D eigenvalue weighted by molar-refractivity contribution is 6.33. The quantitative estimate of drug-likeness (QED) is 0.850. The summed E-state index contributed by atoms with van der Waals surface area (Å²) in [5.74, 6) is -1.99. The highest BCUT2D eigenvalue weighted by Crippen LogP contribution is 2.31. The van der Waals surface area contributed by atoms with Gasteiger partial charge in [-0.15, -0.1) is 0 Å². The molecule has 7 nitrogen and oxygen atoms in total. The lowest BCUT2D eigenvalue weighted by Crippen LogP contribution is -2.32. The zero-order valence-corrected chi connectivity index (χ0v) is 13.8. The fourth-order valence-corrected chi connectivity index (χ4v) is 2.93. The number of carbonyl (C=O) groups is 3. The van der Waals surface area contributed by atoms with E-state index in [0.717, 1.165) is 0 Å². The molecule has 1 atom stereocenters. The molecule has 1 aromatic carbocycles. The number of anilines is 1. The summed E-state index contributed by atoms with van der Waals surface area (Å²) in [5, 5.41) is 11.9. The van der Waals surface area contributed by atoms with Crippen molar-refractivity contribution in [2.24, 2.45) is 5.92 Å². The van der Waals surface area contributed by atoms with Crippen molar-refractivity contribution in [2.75, 3.05) is 11.4 Å². The second-order valence-electron chi connectivity index (χ2n) is 5.65. The molecule has 8 heteroatoms. The van der Waals surface area contributed by atoms with Gasteiger partial charge in [0.15, 0.2) is 0 Å². The number of carboxylic acid groups (broad SMARTS) is 1. The number of amides is 2. The van der Waals surface area contributed by atoms with Crippen molar-refractivity contribution >= 4 is 35.1 Å². The van der Waals surface area contributed by atoms with Crippen LogP contribution in [0.3, 0.4) is 0 Å². The number of hydrogen-bond acceptors (Lipinski definition) is 4. The van der Waals surface area contributed by atoms with Crippen LogP contribution in [0.4, 0.5) is 5.69 Å². The zero-order chi connectivity index (χ0) is 18.0. The predicted molar refractivity (Wildman–Crippen MR) is 89.4 cm³/mol. The van der Waals surface area contributed by atoms with Gasteiger partial charge in [0.1, 0.15) is 5.76 Å². The third-order valence-electron chi connectivity index (χ3n) is 3.95. The third-order valence-corrected chi connectivity index (χ3v) is 4.27. The summed E-state index contributed by atoms with van der Waals surface area (Å²) < 4.78 is 5.08. The molecule has 0 aliphatic carbocycles. The van der Waals surface area contributed by atoms with Gasteiger partial charge < -0.3 is 19.7 Å². The van der Waals surface area contributed by atoms with Crippen LogP contribution in [0.15, 0.2) is 40.8 Å². The van der Waals surface area contributed by atoms with E-state index >= 15 is 0 Å². The van der Waals surface area contributed by atoms with E-state index in [9.17, 15) is 14.4 Å². The highest BCUT2D eigenvalue weighted by atomic mass is 35.5. The molecule has 2 amide bonds. The Morgan fingerprint density at radius 1 is 1.28 bits per heavy atom. The maximum Gasteiger partial charge on any atom is 0.371 e. The van der Waals surface area contributed by atoms with Gasteiger partial charge in [0.25, 0.3) is 0 Å². The SMILES string of the molecule is O=C(O)c1ccc(CNC(=O)[C@@H]2CC(=O)N(c3ccccc3Cl)C2)o1. The number of nitrogens with one attached hydrogen (secondary N) is 1. The van der Waals surface area contributed by atoms with E-state index in [-0.39, 0.29) is 37.1 Å². The van der Waals surface area contributed by atoms with E-state index in [1.54, 1.807) is 24.3 Å². The van der Waals surface area contributed by atoms with Crippen LogP contribution in [-0.2, 0) is 16.1 Å². The topological polar surface area (TPSA) is 99.8 Å². The van der Waals surface area contributed by atoms with Gasteiger partial charge in [-0.1, -0.05) is 23.7 Å². The molecule has 1 saturated heterocycles. The molecule has 1 fully saturated rings. The van der Waals surface area contributed by atoms with E-state index in [2.05, 4.69) is 5.32 Å². The summed E-state index contributed by atoms with van der Waals surface area (Å²) in [4.78, 5) is 36.7. The van der Waals surface area contributed by atoms with Crippen LogP contribution in [0.25, 0.3) is 0 Å². The van der Waals surface area contributed by atoms with Crippen molar-refractivity contribution in [3.05, 3.63) is 52.9 Å². The monoisotopic (exact) mass is 362 g/mol. The standard InChI is InChI=1S/C17H15ClN2O5/c18-12-3-1-2-4-13(12)20-9-10(7-15(20)21)16(22)19-8-11-5-6-14(25-11)17(23)24/h1-6,10H,7-9H2,(H,19,22)(H,23,24)/t10-/m1/s1. The molecular weight excluding hydrogens is 348 g/mol. The van der Waals surface area contributed by atoms with E-state index in [0.29, 0.717) is 16.5 Å². The first-order valence-electron chi connectivity index (χ1n) is 7.60. The lowest BCUT2D eigenvalue weighted by molar-refractivity contribution is -0.126. The molecular formula is C17H15ClN2O5. The second kappa shape index (κ2) is 6.98. The van der Waals surface area contributed by atoms with Crippen molar-refractivity contribution in [1.29, 1.82) is 0 Å². The number of para-hydroxylation sites is 1. The summed E-state index contributed by atoms with van der Waals surface area (Å²) in [7, 11) is 0. The molecule has 2 aromatic rings. The van der Waals surface area contributed by atoms with Crippen LogP contribution < -0.4 is 10.2 Å². The lowest BCUT2D eigenvalue weighted by atomic mass is 10.1. The number of carboxylic acids is 1. The molecule has 1 aliphatic rings. The number of hydrogen-bond donors (Lipinski definition) is 2. The summed E-state index contributed by atoms with van der Waals surface area (Å²) in [6, 6.07) is 9.77. The number of rotatable bonds is 5. The van der Waals surface area contributed by atoms with Gasteiger partial charge in [0.2, 0.25) is 17.6 Å². The van der Waals surface area contributed by atoms with Crippen LogP contribution in [-0.4, -0.2) is 29.4 Å². The van der Waals surface area contributed by atoms with Crippen LogP contribution in [0, 0.1) is 5.92 Å². The average Bonchev–Trinajstić information content (AvgIpc) is 3.20. The first-order chi connectivity index (χ1) is 12.0. The van der Waals surface area contributed by atoms with E-state index in [1.165, 1.54) is 17.0 Å². The number of aromatic carboxylic acids is 1. The van der Waals surface area contributed by atoms with Crippen molar-refractivity contribution in [2.45, 2.75) is 13.0 Å². The van der Waals surface area contributed by atoms with Gasteiger partial charge in [0, 0.05) is 13.0 Å². The average molecular weight is 363 g/mol. The Morgan fingerprint density at radius 2 is 2.04 bits per heavy atom. The minimum Gasteiger partial charge on any atom is -0.475 e. The van der Waals surface area contributed by atoms with Gasteiger partial charge in [0.05, 0.1) is 23.2 Å². The molecule has 3 rings (SSSR count). The molecule has 1 aliphatic heterocycles. The van der Waals surface area contributed by atoms with Gasteiger partial charge in [-0.2, -0.15) is 0 Å². The number of furan rings is 1. The molecule has 0 saturated carbocycles. The predicted octanol–water partition coefficient (Wildman–Crippen LogP) is 2.30. The van der Waals surface area contributed by atoms with Crippen molar-refractivity contribution in [3.63, 3.8) is 0 Å². The molecule has 0 unspecified atom stereocenters. The minimum atomic E-state index is -1.17. The van der Waals surface area contributed by atoms with E-state index in [4.69, 9.17) is 21.1 Å². The lowest BCUT2D eigenvalue weighted by Gasteiger charge is -2.17. The number of benzene rings is 1. The van der Waals surface area contributed by atoms with Crippen LogP contribution in [0.2, 0.25) is 5.02 Å². The molecule has 0 bridgehead atoms. The van der Waals surface area contributed by atoms with Crippen LogP contribution in [0.5, 0.6) is 0 Å². The fourth-order valence-electron chi connectivity index (χ4n) is 2.69. The Balaban J connectivity index is 1.61. The second-order valence-corrected chi connectivity index (χ2v) is 6.05. The molecule has 1 aromatic heterocycles. The Kier molecular flexibility index (Phi) is 4.76. The molecule has 25 heavy (non-hydrogen) atoms. The first-order valence-corrected chi connectivity index (χ1v) is 7.98. The zero-order valence-electron chi connectivity index (χ0n) is 13.1. The maximum atomic E-state index is 12.3. The summed E-state index contributed by atoms with van der Waals surface area (Å²) in [5.41, 5.74) is 0.585. The van der Waals surface area contributed by atoms with E-state index < -0.39 is 11.9 Å². The Bertz CT molecular complexity index is 832. The Hall–Kier alpha value is -2.80. The van der Waals surface area contributed by atoms with E-state index in [1.807, 2.05) is 0 Å². The van der Waals surface area contributed by atoms with Crippen LogP contribution >= 0.6 is 11.6 Å². The fraction of sp³-hybridized carbons (Fsp3) is 0.235. The maximum absolute atomic E-state index is 12.3. The van der Waals surface area contributed by atoms with Crippen molar-refractivity contribution in [1.82, 2.24) is 5.32 Å². The summed E-state index contributed by atoms with van der Waals surface area (Å²) >= 11 is 6.11. The number of halogens is 1. The number of carbonyl (C=O) groups excluding carboxylic acids is 2. The van der Waals surface area contributed by atoms with Gasteiger partial charge in [-0.05, 0) is 24.3 Å². The van der Waals surface area contributed by atoms with Gasteiger partial charge >= 0.3 is 5.97 Å². The largest absolute Gasteiger partial charge is 0.475 e. The number of nitrogens with zero attached hydrogens (tertiary/aromatic N) is 1. The van der Waals surface area contributed by atoms with Crippen molar-refractivity contribution in [3.8, 4) is 0 Å². The Morgan fingerprint density at radius 3 is 2.72 bits per heavy atom. The molecule has 2 N–H and O–H groups in total. The summed E-state index contributed by atoms with van der Waals surface area (Å²) in [6.07, 6.45) is 0.0928. The Labute approximate surface area is 148 Å². The van der Waals surface area contributed by atoms with Crippen molar-refractivity contribution < 1.29 is 23.9 Å². The molecule has 0 radical (unpaired) electrons. The minimum absolute atomic E-state index is 0.0584. The molecule has 0 spiro atoms. The molecule has 130 valence electrons. The van der Waals surface area contributed by atoms with Gasteiger partial charge in [-0.25, -0.2) is 4.79 Å². The smallest absolute Gasteiger partial charge is 0.371 e. The highest BCUT2D eigenvalue weighted by Gasteiger charge is 2.35. The first kappa shape index (κ1) is 17.0. The third kappa shape index (κ3) is 3.66. The van der Waals surface area contributed by atoms with Gasteiger partial charge in [-0.3, -0.25) is 9.59 Å². The molecule has 2 heterocycles.